The van der Waals surface area contributed by atoms with Gasteiger partial charge in [-0.3, -0.25) is 4.90 Å². The highest BCUT2D eigenvalue weighted by molar-refractivity contribution is 6.31. The van der Waals surface area contributed by atoms with Gasteiger partial charge in [-0.15, -0.1) is 12.4 Å². The minimum absolute atomic E-state index is 0. The van der Waals surface area contributed by atoms with E-state index in [4.69, 9.17) is 11.6 Å². The zero-order chi connectivity index (χ0) is 12.4. The van der Waals surface area contributed by atoms with Crippen molar-refractivity contribution in [3.05, 3.63) is 34.9 Å². The van der Waals surface area contributed by atoms with Crippen LogP contribution in [0.15, 0.2) is 24.3 Å². The number of hydrogen-bond acceptors (Lipinski definition) is 2. The number of likely N-dealkylation sites (tertiary alicyclic amines) is 1. The van der Waals surface area contributed by atoms with Crippen LogP contribution in [0.25, 0.3) is 0 Å². The summed E-state index contributed by atoms with van der Waals surface area (Å²) in [5.74, 6) is 0. The third kappa shape index (κ3) is 3.43. The highest BCUT2D eigenvalue weighted by Crippen LogP contribution is 2.39. The normalized spacial score (nSPS) is 22.4. The van der Waals surface area contributed by atoms with Gasteiger partial charge in [0, 0.05) is 18.1 Å². The number of halogens is 2. The summed E-state index contributed by atoms with van der Waals surface area (Å²) in [4.78, 5) is 2.58. The monoisotopic (exact) mass is 300 g/mol. The number of nitrogens with one attached hydrogen (secondary N) is 1. The van der Waals surface area contributed by atoms with Crippen molar-refractivity contribution in [1.82, 2.24) is 10.2 Å². The molecule has 0 amide bonds. The average molecular weight is 301 g/mol. The molecule has 3 rings (SSSR count). The summed E-state index contributed by atoms with van der Waals surface area (Å²) in [5.41, 5.74) is 1.86. The summed E-state index contributed by atoms with van der Waals surface area (Å²) < 4.78 is 0. The first kappa shape index (κ1) is 15.1. The molecule has 2 aliphatic heterocycles. The van der Waals surface area contributed by atoms with Crippen LogP contribution in [0.3, 0.4) is 0 Å². The van der Waals surface area contributed by atoms with Gasteiger partial charge in [-0.05, 0) is 55.9 Å². The summed E-state index contributed by atoms with van der Waals surface area (Å²) in [5, 5.41) is 4.38. The van der Waals surface area contributed by atoms with E-state index in [0.29, 0.717) is 5.41 Å². The summed E-state index contributed by atoms with van der Waals surface area (Å²) >= 11 is 6.24. The topological polar surface area (TPSA) is 15.3 Å². The van der Waals surface area contributed by atoms with Crippen LogP contribution in [-0.2, 0) is 6.54 Å². The Morgan fingerprint density at radius 1 is 1.16 bits per heavy atom. The fourth-order valence-corrected chi connectivity index (χ4v) is 3.59. The zero-order valence-corrected chi connectivity index (χ0v) is 12.8. The van der Waals surface area contributed by atoms with Crippen molar-refractivity contribution in [2.75, 3.05) is 26.2 Å². The fraction of sp³-hybridized carbons (Fsp3) is 0.600. The Morgan fingerprint density at radius 3 is 2.63 bits per heavy atom. The maximum atomic E-state index is 6.24. The molecule has 0 bridgehead atoms. The Morgan fingerprint density at radius 2 is 1.89 bits per heavy atom. The molecule has 0 radical (unpaired) electrons. The summed E-state index contributed by atoms with van der Waals surface area (Å²) in [6, 6.07) is 8.23. The van der Waals surface area contributed by atoms with Gasteiger partial charge in [0.2, 0.25) is 0 Å². The minimum atomic E-state index is 0. The van der Waals surface area contributed by atoms with Crippen LogP contribution in [0.2, 0.25) is 5.02 Å². The molecule has 2 aliphatic rings. The quantitative estimate of drug-likeness (QED) is 0.901. The van der Waals surface area contributed by atoms with E-state index >= 15 is 0 Å². The van der Waals surface area contributed by atoms with Gasteiger partial charge in [0.15, 0.2) is 0 Å². The molecule has 1 aromatic carbocycles. The number of hydrogen-bond donors (Lipinski definition) is 1. The van der Waals surface area contributed by atoms with Gasteiger partial charge in [-0.25, -0.2) is 0 Å². The van der Waals surface area contributed by atoms with E-state index in [1.165, 1.54) is 51.0 Å². The lowest BCUT2D eigenvalue weighted by Crippen LogP contribution is -2.38. The van der Waals surface area contributed by atoms with Crippen LogP contribution in [0.5, 0.6) is 0 Å². The summed E-state index contributed by atoms with van der Waals surface area (Å²) in [6.07, 6.45) is 4.04. The van der Waals surface area contributed by atoms with Crippen molar-refractivity contribution in [3.8, 4) is 0 Å². The Bertz CT molecular complexity index is 416. The van der Waals surface area contributed by atoms with Crippen LogP contribution in [-0.4, -0.2) is 31.1 Å². The van der Waals surface area contributed by atoms with Gasteiger partial charge < -0.3 is 5.32 Å². The second-order valence-electron chi connectivity index (χ2n) is 5.80. The molecular weight excluding hydrogens is 279 g/mol. The van der Waals surface area contributed by atoms with Crippen molar-refractivity contribution in [2.45, 2.75) is 25.8 Å². The Labute approximate surface area is 126 Å². The van der Waals surface area contributed by atoms with E-state index in [1.807, 2.05) is 12.1 Å². The maximum Gasteiger partial charge on any atom is 0.0451 e. The zero-order valence-electron chi connectivity index (χ0n) is 11.2. The van der Waals surface area contributed by atoms with Crippen LogP contribution in [0.1, 0.15) is 24.8 Å². The van der Waals surface area contributed by atoms with E-state index in [2.05, 4.69) is 22.3 Å². The first-order chi connectivity index (χ1) is 8.77. The van der Waals surface area contributed by atoms with E-state index in [1.54, 1.807) is 0 Å². The number of benzene rings is 1. The molecule has 0 atom stereocenters. The predicted molar refractivity (Wildman–Crippen MR) is 83.1 cm³/mol. The minimum Gasteiger partial charge on any atom is -0.317 e. The highest BCUT2D eigenvalue weighted by atomic mass is 35.5. The van der Waals surface area contributed by atoms with Crippen LogP contribution in [0.4, 0.5) is 0 Å². The lowest BCUT2D eigenvalue weighted by molar-refractivity contribution is 0.194. The average Bonchev–Trinajstić information content (AvgIpc) is 2.76. The van der Waals surface area contributed by atoms with Crippen molar-refractivity contribution in [1.29, 1.82) is 0 Å². The smallest absolute Gasteiger partial charge is 0.0451 e. The molecule has 2 heterocycles. The molecule has 0 aliphatic carbocycles. The lowest BCUT2D eigenvalue weighted by atomic mass is 9.78. The highest BCUT2D eigenvalue weighted by Gasteiger charge is 2.38. The van der Waals surface area contributed by atoms with Gasteiger partial charge >= 0.3 is 0 Å². The molecule has 2 nitrogen and oxygen atoms in total. The molecular formula is C15H22Cl2N2. The third-order valence-corrected chi connectivity index (χ3v) is 4.90. The van der Waals surface area contributed by atoms with Crippen molar-refractivity contribution < 1.29 is 0 Å². The van der Waals surface area contributed by atoms with Gasteiger partial charge in [0.05, 0.1) is 0 Å². The van der Waals surface area contributed by atoms with Gasteiger partial charge in [0.1, 0.15) is 0 Å². The van der Waals surface area contributed by atoms with Crippen LogP contribution in [0, 0.1) is 5.41 Å². The first-order valence-corrected chi connectivity index (χ1v) is 7.32. The molecule has 2 fully saturated rings. The van der Waals surface area contributed by atoms with E-state index in [9.17, 15) is 0 Å². The Kier molecular flexibility index (Phi) is 5.13. The van der Waals surface area contributed by atoms with Crippen molar-refractivity contribution >= 4 is 24.0 Å². The second kappa shape index (κ2) is 6.45. The standard InChI is InChI=1S/C15H21ClN2.ClH/c16-14-4-2-1-3-13(14)11-18-10-7-15(12-18)5-8-17-9-6-15;/h1-4,17H,5-12H2;1H. The van der Waals surface area contributed by atoms with Gasteiger partial charge in [-0.2, -0.15) is 0 Å². The van der Waals surface area contributed by atoms with Crippen molar-refractivity contribution in [3.63, 3.8) is 0 Å². The first-order valence-electron chi connectivity index (χ1n) is 6.94. The molecule has 1 aromatic rings. The SMILES string of the molecule is Cl.Clc1ccccc1CN1CCC2(CCNCC2)C1. The molecule has 19 heavy (non-hydrogen) atoms. The van der Waals surface area contributed by atoms with E-state index in [0.717, 1.165) is 11.6 Å². The molecule has 1 spiro atoms. The third-order valence-electron chi connectivity index (χ3n) is 4.53. The Balaban J connectivity index is 0.00000133. The van der Waals surface area contributed by atoms with Gasteiger partial charge in [0.25, 0.3) is 0 Å². The maximum absolute atomic E-state index is 6.24. The molecule has 1 N–H and O–H groups in total. The summed E-state index contributed by atoms with van der Waals surface area (Å²) in [7, 11) is 0. The van der Waals surface area contributed by atoms with Crippen molar-refractivity contribution in [2.24, 2.45) is 5.41 Å². The lowest BCUT2D eigenvalue weighted by Gasteiger charge is -2.34. The molecule has 0 unspecified atom stereocenters. The number of nitrogens with zero attached hydrogens (tertiary/aromatic N) is 1. The molecule has 4 heteroatoms. The second-order valence-corrected chi connectivity index (χ2v) is 6.21. The molecule has 0 aromatic heterocycles. The molecule has 2 saturated heterocycles. The molecule has 0 saturated carbocycles. The van der Waals surface area contributed by atoms with Crippen LogP contribution >= 0.6 is 24.0 Å². The molecule has 106 valence electrons. The fourth-order valence-electron chi connectivity index (χ4n) is 3.40. The largest absolute Gasteiger partial charge is 0.317 e. The number of piperidine rings is 1. The Hall–Kier alpha value is -0.280. The van der Waals surface area contributed by atoms with E-state index < -0.39 is 0 Å². The van der Waals surface area contributed by atoms with Crippen LogP contribution < -0.4 is 5.32 Å². The van der Waals surface area contributed by atoms with Gasteiger partial charge in [-0.1, -0.05) is 29.8 Å². The predicted octanol–water partition coefficient (Wildman–Crippen LogP) is 3.34. The van der Waals surface area contributed by atoms with E-state index in [-0.39, 0.29) is 12.4 Å². The summed E-state index contributed by atoms with van der Waals surface area (Å²) in [6.45, 7) is 5.87. The number of rotatable bonds is 2.